The summed E-state index contributed by atoms with van der Waals surface area (Å²) in [6.45, 7) is 10.5. The summed E-state index contributed by atoms with van der Waals surface area (Å²) >= 11 is 0. The molecule has 0 spiro atoms. The van der Waals surface area contributed by atoms with Crippen LogP contribution in [-0.4, -0.2) is 47.0 Å². The number of nitrogens with two attached hydrogens (primary N) is 1. The van der Waals surface area contributed by atoms with E-state index in [-0.39, 0.29) is 0 Å². The van der Waals surface area contributed by atoms with Crippen molar-refractivity contribution in [2.24, 2.45) is 16.9 Å². The zero-order chi connectivity index (χ0) is 18.5. The lowest BCUT2D eigenvalue weighted by molar-refractivity contribution is 0.120. The molecule has 1 saturated heterocycles. The van der Waals surface area contributed by atoms with Crippen LogP contribution in [0.15, 0.2) is 35.6 Å². The average molecular weight is 355 g/mol. The fourth-order valence-corrected chi connectivity index (χ4v) is 3.70. The molecule has 1 aliphatic rings. The first-order valence-electron chi connectivity index (χ1n) is 9.31. The van der Waals surface area contributed by atoms with Crippen molar-refractivity contribution in [3.63, 3.8) is 0 Å². The summed E-state index contributed by atoms with van der Waals surface area (Å²) in [5.41, 5.74) is 7.60. The molecule has 1 aromatic carbocycles. The van der Waals surface area contributed by atoms with Crippen LogP contribution in [0.4, 0.5) is 5.95 Å². The highest BCUT2D eigenvalue weighted by molar-refractivity contribution is 5.83. The maximum absolute atomic E-state index is 6.05. The molecule has 1 aliphatic heterocycles. The largest absolute Gasteiger partial charge is 0.492 e. The molecule has 0 bridgehead atoms. The van der Waals surface area contributed by atoms with E-state index in [0.717, 1.165) is 48.5 Å². The second-order valence-electron chi connectivity index (χ2n) is 7.42. The van der Waals surface area contributed by atoms with Gasteiger partial charge in [-0.25, -0.2) is 9.66 Å². The molecule has 1 aromatic heterocycles. The summed E-state index contributed by atoms with van der Waals surface area (Å²) in [6.07, 6.45) is 4.89. The highest BCUT2D eigenvalue weighted by Crippen LogP contribution is 2.21. The van der Waals surface area contributed by atoms with Crippen LogP contribution in [-0.2, 0) is 0 Å². The Bertz CT molecular complexity index is 744. The second-order valence-corrected chi connectivity index (χ2v) is 7.42. The summed E-state index contributed by atoms with van der Waals surface area (Å²) < 4.78 is 7.62. The number of rotatable bonds is 6. The minimum atomic E-state index is 0.380. The number of benzene rings is 1. The topological polar surface area (TPSA) is 68.7 Å². The van der Waals surface area contributed by atoms with E-state index in [4.69, 9.17) is 10.5 Å². The van der Waals surface area contributed by atoms with E-state index in [1.165, 1.54) is 6.42 Å². The molecule has 3 rings (SSSR count). The molecular formula is C20H29N5O. The lowest BCUT2D eigenvalue weighted by Gasteiger charge is -2.34. The lowest BCUT2D eigenvalue weighted by Crippen LogP contribution is -2.40. The first-order valence-corrected chi connectivity index (χ1v) is 9.31. The van der Waals surface area contributed by atoms with Gasteiger partial charge in [0, 0.05) is 25.2 Å². The molecule has 140 valence electrons. The predicted molar refractivity (Wildman–Crippen MR) is 106 cm³/mol. The smallest absolute Gasteiger partial charge is 0.221 e. The fraction of sp³-hybridized carbons (Fsp3) is 0.500. The van der Waals surface area contributed by atoms with Crippen molar-refractivity contribution in [3.05, 3.63) is 41.7 Å². The van der Waals surface area contributed by atoms with Gasteiger partial charge in [-0.2, -0.15) is 5.10 Å². The molecule has 0 saturated carbocycles. The minimum absolute atomic E-state index is 0.380. The van der Waals surface area contributed by atoms with Crippen molar-refractivity contribution in [1.29, 1.82) is 0 Å². The standard InChI is InChI=1S/C20H29N5O/c1-15-10-16(2)13-24(12-15)8-9-26-19-7-5-4-6-18(19)11-22-25-14-17(3)23-20(25)21/h4-7,11,14-16H,8-10,12-13H2,1-3H3,(H2,21,23). The molecule has 2 N–H and O–H groups in total. The van der Waals surface area contributed by atoms with Crippen molar-refractivity contribution in [3.8, 4) is 5.75 Å². The number of piperidine rings is 1. The van der Waals surface area contributed by atoms with Crippen molar-refractivity contribution in [1.82, 2.24) is 14.6 Å². The van der Waals surface area contributed by atoms with Gasteiger partial charge in [-0.15, -0.1) is 0 Å². The van der Waals surface area contributed by atoms with Gasteiger partial charge >= 0.3 is 0 Å². The zero-order valence-corrected chi connectivity index (χ0v) is 15.9. The SMILES string of the molecule is Cc1cn(N=Cc2ccccc2OCCN2CC(C)CC(C)C2)c(N)n1. The molecular weight excluding hydrogens is 326 g/mol. The first kappa shape index (κ1) is 18.5. The van der Waals surface area contributed by atoms with E-state index in [0.29, 0.717) is 12.6 Å². The Morgan fingerprint density at radius 1 is 1.27 bits per heavy atom. The monoisotopic (exact) mass is 355 g/mol. The number of hydrogen-bond donors (Lipinski definition) is 1. The van der Waals surface area contributed by atoms with Crippen LogP contribution in [0, 0.1) is 18.8 Å². The van der Waals surface area contributed by atoms with Gasteiger partial charge in [0.15, 0.2) is 0 Å². The highest BCUT2D eigenvalue weighted by Gasteiger charge is 2.21. The van der Waals surface area contributed by atoms with Crippen LogP contribution in [0.2, 0.25) is 0 Å². The number of para-hydroxylation sites is 1. The van der Waals surface area contributed by atoms with Crippen LogP contribution in [0.5, 0.6) is 5.75 Å². The van der Waals surface area contributed by atoms with Gasteiger partial charge in [0.05, 0.1) is 18.1 Å². The Morgan fingerprint density at radius 2 is 2.00 bits per heavy atom. The first-order chi connectivity index (χ1) is 12.5. The van der Waals surface area contributed by atoms with Gasteiger partial charge in [0.1, 0.15) is 12.4 Å². The van der Waals surface area contributed by atoms with Crippen molar-refractivity contribution < 1.29 is 4.74 Å². The average Bonchev–Trinajstić information content (AvgIpc) is 2.90. The number of nitrogens with zero attached hydrogens (tertiary/aromatic N) is 4. The van der Waals surface area contributed by atoms with Gasteiger partial charge in [-0.05, 0) is 37.3 Å². The number of nitrogen functional groups attached to an aromatic ring is 1. The molecule has 1 fully saturated rings. The lowest BCUT2D eigenvalue weighted by atomic mass is 9.92. The van der Waals surface area contributed by atoms with Gasteiger partial charge in [0.2, 0.25) is 5.95 Å². The number of imidazole rings is 1. The zero-order valence-electron chi connectivity index (χ0n) is 15.9. The Hall–Kier alpha value is -2.34. The van der Waals surface area contributed by atoms with E-state index in [1.807, 2.05) is 31.2 Å². The van der Waals surface area contributed by atoms with Gasteiger partial charge < -0.3 is 10.5 Å². The van der Waals surface area contributed by atoms with Crippen LogP contribution in [0.3, 0.4) is 0 Å². The normalized spacial score (nSPS) is 21.3. The molecule has 6 heteroatoms. The van der Waals surface area contributed by atoms with E-state index in [1.54, 1.807) is 17.1 Å². The van der Waals surface area contributed by atoms with Crippen LogP contribution in [0.25, 0.3) is 0 Å². The summed E-state index contributed by atoms with van der Waals surface area (Å²) in [7, 11) is 0. The molecule has 0 radical (unpaired) electrons. The Morgan fingerprint density at radius 3 is 2.69 bits per heavy atom. The molecule has 0 amide bonds. The van der Waals surface area contributed by atoms with Crippen LogP contribution < -0.4 is 10.5 Å². The predicted octanol–water partition coefficient (Wildman–Crippen LogP) is 3.01. The van der Waals surface area contributed by atoms with E-state index >= 15 is 0 Å². The van der Waals surface area contributed by atoms with E-state index in [9.17, 15) is 0 Å². The number of aryl methyl sites for hydroxylation is 1. The minimum Gasteiger partial charge on any atom is -0.492 e. The molecule has 2 aromatic rings. The van der Waals surface area contributed by atoms with Gasteiger partial charge in [-0.1, -0.05) is 26.0 Å². The van der Waals surface area contributed by atoms with Crippen molar-refractivity contribution >= 4 is 12.2 Å². The quantitative estimate of drug-likeness (QED) is 0.809. The molecule has 0 aliphatic carbocycles. The molecule has 2 unspecified atom stereocenters. The fourth-order valence-electron chi connectivity index (χ4n) is 3.70. The third-order valence-corrected chi connectivity index (χ3v) is 4.68. The van der Waals surface area contributed by atoms with E-state index < -0.39 is 0 Å². The maximum atomic E-state index is 6.05. The second kappa shape index (κ2) is 8.36. The van der Waals surface area contributed by atoms with Gasteiger partial charge in [0.25, 0.3) is 0 Å². The Balaban J connectivity index is 1.59. The van der Waals surface area contributed by atoms with E-state index in [2.05, 4.69) is 28.8 Å². The van der Waals surface area contributed by atoms with Crippen molar-refractivity contribution in [2.75, 3.05) is 32.0 Å². The Kier molecular flexibility index (Phi) is 5.93. The summed E-state index contributed by atoms with van der Waals surface area (Å²) in [6, 6.07) is 7.92. The maximum Gasteiger partial charge on any atom is 0.221 e. The third kappa shape index (κ3) is 4.85. The third-order valence-electron chi connectivity index (χ3n) is 4.68. The van der Waals surface area contributed by atoms with Gasteiger partial charge in [-0.3, -0.25) is 4.90 Å². The van der Waals surface area contributed by atoms with Crippen LogP contribution in [0.1, 0.15) is 31.5 Å². The number of aromatic nitrogens is 2. The Labute approximate surface area is 155 Å². The number of likely N-dealkylation sites (tertiary alicyclic amines) is 1. The summed E-state index contributed by atoms with van der Waals surface area (Å²) in [5, 5.41) is 4.39. The molecule has 2 heterocycles. The number of ether oxygens (including phenoxy) is 1. The molecule has 26 heavy (non-hydrogen) atoms. The molecule has 6 nitrogen and oxygen atoms in total. The summed E-state index contributed by atoms with van der Waals surface area (Å²) in [5.74, 6) is 2.75. The number of anilines is 1. The highest BCUT2D eigenvalue weighted by atomic mass is 16.5. The van der Waals surface area contributed by atoms with Crippen LogP contribution >= 0.6 is 0 Å². The summed E-state index contributed by atoms with van der Waals surface area (Å²) in [4.78, 5) is 6.65. The molecule has 2 atom stereocenters. The number of hydrogen-bond acceptors (Lipinski definition) is 5. The van der Waals surface area contributed by atoms with Crippen molar-refractivity contribution in [2.45, 2.75) is 27.2 Å².